The van der Waals surface area contributed by atoms with E-state index in [9.17, 15) is 4.79 Å². The van der Waals surface area contributed by atoms with Gasteiger partial charge in [0.05, 0.1) is 25.4 Å². The predicted octanol–water partition coefficient (Wildman–Crippen LogP) is 3.93. The van der Waals surface area contributed by atoms with E-state index in [1.807, 2.05) is 60.3 Å². The normalized spacial score (nSPS) is 11.0. The first-order valence-corrected chi connectivity index (χ1v) is 8.21. The zero-order valence-electron chi connectivity index (χ0n) is 14.8. The van der Waals surface area contributed by atoms with Crippen molar-refractivity contribution < 1.29 is 14.3 Å². The number of carbonyl (C=O) groups excluding carboxylic acids is 1. The number of aromatic nitrogens is 2. The maximum absolute atomic E-state index is 12.9. The maximum Gasteiger partial charge on any atom is 0.272 e. The van der Waals surface area contributed by atoms with Crippen molar-refractivity contribution in [3.8, 4) is 11.5 Å². The number of ether oxygens (including phenoxy) is 2. The fourth-order valence-corrected chi connectivity index (χ4v) is 3.26. The van der Waals surface area contributed by atoms with Crippen LogP contribution in [-0.2, 0) is 7.05 Å². The number of fused-ring (bicyclic) bond motifs is 2. The Labute approximate surface area is 150 Å². The molecule has 6 heteroatoms. The summed E-state index contributed by atoms with van der Waals surface area (Å²) in [4.78, 5) is 16.0. The van der Waals surface area contributed by atoms with E-state index in [2.05, 4.69) is 10.3 Å². The largest absolute Gasteiger partial charge is 0.493 e. The number of amides is 1. The molecule has 4 aromatic rings. The summed E-state index contributed by atoms with van der Waals surface area (Å²) in [6.45, 7) is 0. The molecule has 0 unspecified atom stereocenters. The Morgan fingerprint density at radius 3 is 2.62 bits per heavy atom. The van der Waals surface area contributed by atoms with E-state index in [1.54, 1.807) is 14.2 Å². The average molecular weight is 349 g/mol. The van der Waals surface area contributed by atoms with Crippen LogP contribution in [0.2, 0.25) is 0 Å². The number of methoxy groups -OCH3 is 2. The second-order valence-corrected chi connectivity index (χ2v) is 6.05. The molecule has 0 radical (unpaired) electrons. The van der Waals surface area contributed by atoms with Crippen LogP contribution < -0.4 is 14.8 Å². The molecule has 26 heavy (non-hydrogen) atoms. The smallest absolute Gasteiger partial charge is 0.272 e. The standard InChI is InChI=1S/C20H19N3O3/c1-23-16-11-19(26-3)18(25-2)10-12(16)9-17(23)20(24)22-15-6-4-5-14-13(15)7-8-21-14/h4-11,21H,1-3H3,(H,22,24). The van der Waals surface area contributed by atoms with Gasteiger partial charge in [-0.15, -0.1) is 0 Å². The Bertz CT molecular complexity index is 1120. The van der Waals surface area contributed by atoms with Gasteiger partial charge in [0, 0.05) is 35.6 Å². The molecule has 0 bridgehead atoms. The van der Waals surface area contributed by atoms with Crippen molar-refractivity contribution in [2.75, 3.05) is 19.5 Å². The van der Waals surface area contributed by atoms with Crippen LogP contribution in [0.3, 0.4) is 0 Å². The van der Waals surface area contributed by atoms with Gasteiger partial charge in [0.2, 0.25) is 0 Å². The molecule has 0 spiro atoms. The number of hydrogen-bond acceptors (Lipinski definition) is 3. The minimum atomic E-state index is -0.171. The molecule has 0 saturated carbocycles. The van der Waals surface area contributed by atoms with Gasteiger partial charge in [-0.2, -0.15) is 0 Å². The molecule has 6 nitrogen and oxygen atoms in total. The number of nitrogens with zero attached hydrogens (tertiary/aromatic N) is 1. The summed E-state index contributed by atoms with van der Waals surface area (Å²) < 4.78 is 12.6. The summed E-state index contributed by atoms with van der Waals surface area (Å²) in [5, 5.41) is 4.89. The number of aryl methyl sites for hydroxylation is 1. The lowest BCUT2D eigenvalue weighted by Crippen LogP contribution is -2.15. The highest BCUT2D eigenvalue weighted by molar-refractivity contribution is 6.10. The number of anilines is 1. The third-order valence-electron chi connectivity index (χ3n) is 4.62. The van der Waals surface area contributed by atoms with E-state index in [-0.39, 0.29) is 5.91 Å². The monoisotopic (exact) mass is 349 g/mol. The van der Waals surface area contributed by atoms with E-state index in [1.165, 1.54) is 0 Å². The van der Waals surface area contributed by atoms with E-state index < -0.39 is 0 Å². The molecular formula is C20H19N3O3. The molecule has 0 saturated heterocycles. The van der Waals surface area contributed by atoms with Gasteiger partial charge in [-0.05, 0) is 30.3 Å². The molecule has 4 rings (SSSR count). The molecule has 2 heterocycles. The quantitative estimate of drug-likeness (QED) is 0.586. The van der Waals surface area contributed by atoms with Crippen LogP contribution in [0.15, 0.2) is 48.7 Å². The summed E-state index contributed by atoms with van der Waals surface area (Å²) >= 11 is 0. The van der Waals surface area contributed by atoms with Crippen molar-refractivity contribution in [1.82, 2.24) is 9.55 Å². The number of H-pyrrole nitrogens is 1. The van der Waals surface area contributed by atoms with Crippen molar-refractivity contribution in [2.45, 2.75) is 0 Å². The fourth-order valence-electron chi connectivity index (χ4n) is 3.26. The molecular weight excluding hydrogens is 330 g/mol. The van der Waals surface area contributed by atoms with Gasteiger partial charge in [0.15, 0.2) is 11.5 Å². The number of rotatable bonds is 4. The molecule has 0 aliphatic carbocycles. The molecule has 0 fully saturated rings. The molecule has 2 aromatic heterocycles. The number of carbonyl (C=O) groups is 1. The number of nitrogens with one attached hydrogen (secondary N) is 2. The highest BCUT2D eigenvalue weighted by Crippen LogP contribution is 2.33. The molecule has 0 atom stereocenters. The van der Waals surface area contributed by atoms with Crippen LogP contribution in [0.1, 0.15) is 10.5 Å². The van der Waals surface area contributed by atoms with E-state index >= 15 is 0 Å². The molecule has 0 aliphatic heterocycles. The van der Waals surface area contributed by atoms with Crippen LogP contribution in [0.25, 0.3) is 21.8 Å². The van der Waals surface area contributed by atoms with Gasteiger partial charge >= 0.3 is 0 Å². The van der Waals surface area contributed by atoms with Crippen LogP contribution >= 0.6 is 0 Å². The Morgan fingerprint density at radius 1 is 1.08 bits per heavy atom. The Hall–Kier alpha value is -3.41. The highest BCUT2D eigenvalue weighted by atomic mass is 16.5. The summed E-state index contributed by atoms with van der Waals surface area (Å²) in [6.07, 6.45) is 1.86. The summed E-state index contributed by atoms with van der Waals surface area (Å²) in [5.41, 5.74) is 3.21. The van der Waals surface area contributed by atoms with Crippen LogP contribution in [0, 0.1) is 0 Å². The lowest BCUT2D eigenvalue weighted by molar-refractivity contribution is 0.102. The Morgan fingerprint density at radius 2 is 1.85 bits per heavy atom. The SMILES string of the molecule is COc1cc2cc(C(=O)Nc3cccc4[nH]ccc34)n(C)c2cc1OC. The number of aromatic amines is 1. The summed E-state index contributed by atoms with van der Waals surface area (Å²) in [7, 11) is 5.05. The second-order valence-electron chi connectivity index (χ2n) is 6.05. The third-order valence-corrected chi connectivity index (χ3v) is 4.62. The van der Waals surface area contributed by atoms with E-state index in [0.717, 1.165) is 27.5 Å². The zero-order valence-corrected chi connectivity index (χ0v) is 14.8. The van der Waals surface area contributed by atoms with Crippen molar-refractivity contribution in [3.05, 3.63) is 54.4 Å². The Kier molecular flexibility index (Phi) is 3.80. The van der Waals surface area contributed by atoms with Crippen LogP contribution in [0.4, 0.5) is 5.69 Å². The maximum atomic E-state index is 12.9. The van der Waals surface area contributed by atoms with E-state index in [0.29, 0.717) is 17.2 Å². The van der Waals surface area contributed by atoms with Crippen LogP contribution in [-0.4, -0.2) is 29.7 Å². The Balaban J connectivity index is 1.75. The van der Waals surface area contributed by atoms with Crippen molar-refractivity contribution >= 4 is 33.4 Å². The molecule has 2 N–H and O–H groups in total. The van der Waals surface area contributed by atoms with Gasteiger partial charge in [-0.1, -0.05) is 6.07 Å². The second kappa shape index (κ2) is 6.15. The molecule has 0 aliphatic rings. The average Bonchev–Trinajstić information content (AvgIpc) is 3.26. The third kappa shape index (κ3) is 2.47. The lowest BCUT2D eigenvalue weighted by Gasteiger charge is -2.09. The predicted molar refractivity (Wildman–Crippen MR) is 102 cm³/mol. The topological polar surface area (TPSA) is 68.3 Å². The summed E-state index contributed by atoms with van der Waals surface area (Å²) in [6, 6.07) is 13.3. The zero-order chi connectivity index (χ0) is 18.3. The van der Waals surface area contributed by atoms with Gasteiger partial charge in [-0.3, -0.25) is 4.79 Å². The summed E-state index contributed by atoms with van der Waals surface area (Å²) in [5.74, 6) is 1.09. The minimum Gasteiger partial charge on any atom is -0.493 e. The fraction of sp³-hybridized carbons (Fsp3) is 0.150. The van der Waals surface area contributed by atoms with Gasteiger partial charge in [0.1, 0.15) is 5.69 Å². The molecule has 2 aromatic carbocycles. The lowest BCUT2D eigenvalue weighted by atomic mass is 10.2. The molecule has 132 valence electrons. The first-order valence-electron chi connectivity index (χ1n) is 8.21. The number of benzene rings is 2. The van der Waals surface area contributed by atoms with E-state index in [4.69, 9.17) is 9.47 Å². The highest BCUT2D eigenvalue weighted by Gasteiger charge is 2.17. The first-order chi connectivity index (χ1) is 12.6. The van der Waals surface area contributed by atoms with Gasteiger partial charge in [0.25, 0.3) is 5.91 Å². The van der Waals surface area contributed by atoms with Gasteiger partial charge in [-0.25, -0.2) is 0 Å². The van der Waals surface area contributed by atoms with Crippen molar-refractivity contribution in [1.29, 1.82) is 0 Å². The van der Waals surface area contributed by atoms with Crippen molar-refractivity contribution in [3.63, 3.8) is 0 Å². The van der Waals surface area contributed by atoms with Crippen LogP contribution in [0.5, 0.6) is 11.5 Å². The number of hydrogen-bond donors (Lipinski definition) is 2. The van der Waals surface area contributed by atoms with Crippen molar-refractivity contribution in [2.24, 2.45) is 7.05 Å². The molecule has 1 amide bonds. The minimum absolute atomic E-state index is 0.171. The van der Waals surface area contributed by atoms with Gasteiger partial charge < -0.3 is 24.3 Å². The first kappa shape index (κ1) is 16.1.